The third-order valence-electron chi connectivity index (χ3n) is 2.74. The Labute approximate surface area is 98.7 Å². The van der Waals surface area contributed by atoms with Crippen molar-refractivity contribution in [3.8, 4) is 0 Å². The molecular weight excluding hydrogens is 198 g/mol. The summed E-state index contributed by atoms with van der Waals surface area (Å²) in [6.45, 7) is 6.24. The highest BCUT2D eigenvalue weighted by atomic mass is 15.1. The summed E-state index contributed by atoms with van der Waals surface area (Å²) in [6, 6.07) is 4.17. The molecule has 0 atom stereocenters. The zero-order valence-corrected chi connectivity index (χ0v) is 10.2. The van der Waals surface area contributed by atoms with Gasteiger partial charge < -0.3 is 10.6 Å². The van der Waals surface area contributed by atoms with Gasteiger partial charge in [-0.1, -0.05) is 13.3 Å². The first-order chi connectivity index (χ1) is 7.86. The van der Waals surface area contributed by atoms with Gasteiger partial charge in [0.25, 0.3) is 0 Å². The fraction of sp³-hybridized carbons (Fsp3) is 0.615. The van der Waals surface area contributed by atoms with E-state index in [4.69, 9.17) is 5.73 Å². The maximum atomic E-state index is 5.62. The molecule has 0 unspecified atom stereocenters. The van der Waals surface area contributed by atoms with E-state index in [0.29, 0.717) is 0 Å². The summed E-state index contributed by atoms with van der Waals surface area (Å²) in [5.74, 6) is 0. The Kier molecular flexibility index (Phi) is 6.77. The molecule has 16 heavy (non-hydrogen) atoms. The zero-order chi connectivity index (χ0) is 11.6. The van der Waals surface area contributed by atoms with Gasteiger partial charge in [-0.3, -0.25) is 4.98 Å². The molecule has 0 aliphatic heterocycles. The molecule has 90 valence electrons. The van der Waals surface area contributed by atoms with Crippen molar-refractivity contribution in [2.24, 2.45) is 5.73 Å². The predicted molar refractivity (Wildman–Crippen MR) is 68.3 cm³/mol. The van der Waals surface area contributed by atoms with Crippen LogP contribution < -0.4 is 5.73 Å². The number of aromatic nitrogens is 1. The Balaban J connectivity index is 2.31. The minimum absolute atomic E-state index is 0.750. The van der Waals surface area contributed by atoms with E-state index in [1.54, 1.807) is 0 Å². The van der Waals surface area contributed by atoms with Crippen LogP contribution in [0.25, 0.3) is 0 Å². The SMILES string of the molecule is CCCCN(CCN)CCc1ccncc1. The minimum atomic E-state index is 0.750. The van der Waals surface area contributed by atoms with Crippen molar-refractivity contribution in [1.29, 1.82) is 0 Å². The molecule has 0 aliphatic carbocycles. The molecule has 3 nitrogen and oxygen atoms in total. The molecule has 1 aromatic heterocycles. The van der Waals surface area contributed by atoms with E-state index < -0.39 is 0 Å². The highest BCUT2D eigenvalue weighted by Crippen LogP contribution is 2.01. The number of rotatable bonds is 8. The van der Waals surface area contributed by atoms with Crippen molar-refractivity contribution in [1.82, 2.24) is 9.88 Å². The molecule has 0 fully saturated rings. The van der Waals surface area contributed by atoms with Gasteiger partial charge in [0, 0.05) is 32.0 Å². The van der Waals surface area contributed by atoms with E-state index >= 15 is 0 Å². The van der Waals surface area contributed by atoms with Crippen LogP contribution in [0.4, 0.5) is 0 Å². The maximum Gasteiger partial charge on any atom is 0.0270 e. The molecule has 0 saturated carbocycles. The molecule has 0 saturated heterocycles. The van der Waals surface area contributed by atoms with Gasteiger partial charge in [-0.15, -0.1) is 0 Å². The lowest BCUT2D eigenvalue weighted by atomic mass is 10.2. The first-order valence-electron chi connectivity index (χ1n) is 6.18. The Morgan fingerprint density at radius 2 is 1.94 bits per heavy atom. The van der Waals surface area contributed by atoms with Crippen LogP contribution in [-0.4, -0.2) is 36.1 Å². The summed E-state index contributed by atoms with van der Waals surface area (Å²) < 4.78 is 0. The van der Waals surface area contributed by atoms with Crippen molar-refractivity contribution in [2.45, 2.75) is 26.2 Å². The monoisotopic (exact) mass is 221 g/mol. The number of nitrogens with zero attached hydrogens (tertiary/aromatic N) is 2. The third kappa shape index (κ3) is 5.24. The van der Waals surface area contributed by atoms with Crippen molar-refractivity contribution in [3.63, 3.8) is 0 Å². The quantitative estimate of drug-likeness (QED) is 0.726. The first-order valence-corrected chi connectivity index (χ1v) is 6.18. The lowest BCUT2D eigenvalue weighted by Gasteiger charge is -2.21. The highest BCUT2D eigenvalue weighted by Gasteiger charge is 2.03. The van der Waals surface area contributed by atoms with Crippen molar-refractivity contribution in [2.75, 3.05) is 26.2 Å². The van der Waals surface area contributed by atoms with E-state index in [2.05, 4.69) is 28.9 Å². The van der Waals surface area contributed by atoms with Gasteiger partial charge in [-0.05, 0) is 37.1 Å². The predicted octanol–water partition coefficient (Wildman–Crippen LogP) is 1.68. The standard InChI is InChI=1S/C13H23N3/c1-2-3-10-16(12-7-14)11-6-13-4-8-15-9-5-13/h4-5,8-9H,2-3,6-7,10-12,14H2,1H3. The largest absolute Gasteiger partial charge is 0.329 e. The molecule has 0 aromatic carbocycles. The van der Waals surface area contributed by atoms with Crippen LogP contribution in [0.2, 0.25) is 0 Å². The van der Waals surface area contributed by atoms with Crippen LogP contribution in [0.5, 0.6) is 0 Å². The molecule has 3 heteroatoms. The topological polar surface area (TPSA) is 42.1 Å². The Morgan fingerprint density at radius 1 is 1.19 bits per heavy atom. The zero-order valence-electron chi connectivity index (χ0n) is 10.2. The van der Waals surface area contributed by atoms with E-state index in [9.17, 15) is 0 Å². The number of nitrogens with two attached hydrogens (primary N) is 1. The highest BCUT2D eigenvalue weighted by molar-refractivity contribution is 5.09. The normalized spacial score (nSPS) is 10.9. The summed E-state index contributed by atoms with van der Waals surface area (Å²) in [7, 11) is 0. The van der Waals surface area contributed by atoms with Gasteiger partial charge in [-0.2, -0.15) is 0 Å². The second-order valence-electron chi connectivity index (χ2n) is 4.09. The van der Waals surface area contributed by atoms with Gasteiger partial charge in [0.1, 0.15) is 0 Å². The van der Waals surface area contributed by atoms with Gasteiger partial charge in [0.05, 0.1) is 0 Å². The number of hydrogen-bond donors (Lipinski definition) is 1. The molecule has 0 bridgehead atoms. The van der Waals surface area contributed by atoms with Gasteiger partial charge in [0.15, 0.2) is 0 Å². The van der Waals surface area contributed by atoms with Crippen LogP contribution in [0.1, 0.15) is 25.3 Å². The van der Waals surface area contributed by atoms with Gasteiger partial charge in [0.2, 0.25) is 0 Å². The van der Waals surface area contributed by atoms with Crippen LogP contribution in [0, 0.1) is 0 Å². The smallest absolute Gasteiger partial charge is 0.0270 e. The first kappa shape index (κ1) is 13.1. The second-order valence-corrected chi connectivity index (χ2v) is 4.09. The van der Waals surface area contributed by atoms with Crippen molar-refractivity contribution >= 4 is 0 Å². The lowest BCUT2D eigenvalue weighted by molar-refractivity contribution is 0.280. The van der Waals surface area contributed by atoms with Crippen molar-refractivity contribution in [3.05, 3.63) is 30.1 Å². The summed E-state index contributed by atoms with van der Waals surface area (Å²) in [5, 5.41) is 0. The van der Waals surface area contributed by atoms with Crippen LogP contribution in [0.15, 0.2) is 24.5 Å². The molecular formula is C13H23N3. The lowest BCUT2D eigenvalue weighted by Crippen LogP contribution is -2.32. The van der Waals surface area contributed by atoms with E-state index in [1.165, 1.54) is 24.9 Å². The molecule has 0 amide bonds. The van der Waals surface area contributed by atoms with Gasteiger partial charge in [-0.25, -0.2) is 0 Å². The van der Waals surface area contributed by atoms with Gasteiger partial charge >= 0.3 is 0 Å². The molecule has 1 heterocycles. The fourth-order valence-electron chi connectivity index (χ4n) is 1.74. The molecule has 0 radical (unpaired) electrons. The van der Waals surface area contributed by atoms with E-state index in [0.717, 1.165) is 26.1 Å². The average molecular weight is 221 g/mol. The third-order valence-corrected chi connectivity index (χ3v) is 2.74. The Bertz CT molecular complexity index is 261. The van der Waals surface area contributed by atoms with Crippen LogP contribution >= 0.6 is 0 Å². The Morgan fingerprint density at radius 3 is 2.56 bits per heavy atom. The maximum absolute atomic E-state index is 5.62. The number of pyridine rings is 1. The van der Waals surface area contributed by atoms with Crippen LogP contribution in [-0.2, 0) is 6.42 Å². The molecule has 0 spiro atoms. The molecule has 0 aliphatic rings. The molecule has 2 N–H and O–H groups in total. The van der Waals surface area contributed by atoms with Crippen LogP contribution in [0.3, 0.4) is 0 Å². The Hall–Kier alpha value is -0.930. The van der Waals surface area contributed by atoms with Crippen molar-refractivity contribution < 1.29 is 0 Å². The van der Waals surface area contributed by atoms with E-state index in [-0.39, 0.29) is 0 Å². The fourth-order valence-corrected chi connectivity index (χ4v) is 1.74. The summed E-state index contributed by atoms with van der Waals surface area (Å²) in [6.07, 6.45) is 7.31. The van der Waals surface area contributed by atoms with E-state index in [1.807, 2.05) is 12.4 Å². The average Bonchev–Trinajstić information content (AvgIpc) is 2.34. The number of hydrogen-bond acceptors (Lipinski definition) is 3. The minimum Gasteiger partial charge on any atom is -0.329 e. The molecule has 1 rings (SSSR count). The summed E-state index contributed by atoms with van der Waals surface area (Å²) in [4.78, 5) is 6.47. The number of unbranched alkanes of at least 4 members (excludes halogenated alkanes) is 1. The second kappa shape index (κ2) is 8.25. The summed E-state index contributed by atoms with van der Waals surface area (Å²) in [5.41, 5.74) is 6.97. The summed E-state index contributed by atoms with van der Waals surface area (Å²) >= 11 is 0. The molecule has 1 aromatic rings.